The molecule has 3 heteroatoms. The highest BCUT2D eigenvalue weighted by Crippen LogP contribution is 2.10. The van der Waals surface area contributed by atoms with Crippen molar-refractivity contribution in [1.29, 1.82) is 0 Å². The van der Waals surface area contributed by atoms with E-state index < -0.39 is 0 Å². The second-order valence-electron chi connectivity index (χ2n) is 2.77. The average Bonchev–Trinajstić information content (AvgIpc) is 2.19. The lowest BCUT2D eigenvalue weighted by Gasteiger charge is -2.01. The molecule has 0 spiro atoms. The number of pyridine rings is 1. The second-order valence-corrected chi connectivity index (χ2v) is 2.77. The molecule has 0 fully saturated rings. The lowest BCUT2D eigenvalue weighted by molar-refractivity contribution is -0.107. The third kappa shape index (κ3) is 3.23. The van der Waals surface area contributed by atoms with Gasteiger partial charge in [-0.2, -0.15) is 0 Å². The van der Waals surface area contributed by atoms with E-state index >= 15 is 0 Å². The predicted molar refractivity (Wildman–Crippen MR) is 49.8 cm³/mol. The highest BCUT2D eigenvalue weighted by molar-refractivity contribution is 5.49. The molecule has 1 aromatic heterocycles. The summed E-state index contributed by atoms with van der Waals surface area (Å²) in [6.45, 7) is 0. The van der Waals surface area contributed by atoms with Crippen molar-refractivity contribution in [3.63, 3.8) is 0 Å². The highest BCUT2D eigenvalue weighted by atomic mass is 16.5. The van der Waals surface area contributed by atoms with Crippen LogP contribution in [0.3, 0.4) is 0 Å². The average molecular weight is 179 g/mol. The summed E-state index contributed by atoms with van der Waals surface area (Å²) in [5, 5.41) is 0. The van der Waals surface area contributed by atoms with E-state index in [1.54, 1.807) is 13.3 Å². The van der Waals surface area contributed by atoms with Crippen LogP contribution in [0.15, 0.2) is 18.3 Å². The van der Waals surface area contributed by atoms with E-state index in [4.69, 9.17) is 4.74 Å². The van der Waals surface area contributed by atoms with Crippen LogP contribution in [0.25, 0.3) is 0 Å². The molecule has 0 aliphatic rings. The topological polar surface area (TPSA) is 39.2 Å². The van der Waals surface area contributed by atoms with Crippen molar-refractivity contribution in [2.75, 3.05) is 7.11 Å². The molecule has 1 aromatic rings. The summed E-state index contributed by atoms with van der Waals surface area (Å²) >= 11 is 0. The van der Waals surface area contributed by atoms with Crippen LogP contribution in [0.1, 0.15) is 18.4 Å². The molecule has 0 aromatic carbocycles. The maximum atomic E-state index is 10.1. The van der Waals surface area contributed by atoms with Gasteiger partial charge in [0.05, 0.1) is 7.11 Å². The standard InChI is InChI=1S/C10H13NO2/c1-13-10-8-9(5-6-11-10)4-2-3-7-12/h5-8H,2-4H2,1H3. The molecule has 0 radical (unpaired) electrons. The Balaban J connectivity index is 2.50. The number of methoxy groups -OCH3 is 1. The number of aldehydes is 1. The number of carbonyl (C=O) groups excluding carboxylic acids is 1. The summed E-state index contributed by atoms with van der Waals surface area (Å²) < 4.78 is 4.98. The van der Waals surface area contributed by atoms with Gasteiger partial charge in [-0.25, -0.2) is 4.98 Å². The van der Waals surface area contributed by atoms with Gasteiger partial charge in [0.25, 0.3) is 0 Å². The lowest BCUT2D eigenvalue weighted by Crippen LogP contribution is -1.91. The summed E-state index contributed by atoms with van der Waals surface area (Å²) in [7, 11) is 1.59. The zero-order valence-electron chi connectivity index (χ0n) is 7.69. The van der Waals surface area contributed by atoms with Crippen molar-refractivity contribution in [2.24, 2.45) is 0 Å². The van der Waals surface area contributed by atoms with E-state index in [-0.39, 0.29) is 0 Å². The summed E-state index contributed by atoms with van der Waals surface area (Å²) in [6, 6.07) is 3.83. The monoisotopic (exact) mass is 179 g/mol. The summed E-state index contributed by atoms with van der Waals surface area (Å²) in [4.78, 5) is 14.1. The van der Waals surface area contributed by atoms with Crippen molar-refractivity contribution in [2.45, 2.75) is 19.3 Å². The predicted octanol–water partition coefficient (Wildman–Crippen LogP) is 1.61. The number of aryl methyl sites for hydroxylation is 1. The number of carbonyl (C=O) groups is 1. The number of hydrogen-bond donors (Lipinski definition) is 0. The number of hydrogen-bond acceptors (Lipinski definition) is 3. The molecule has 0 amide bonds. The zero-order chi connectivity index (χ0) is 9.52. The fourth-order valence-electron chi connectivity index (χ4n) is 1.11. The van der Waals surface area contributed by atoms with Gasteiger partial charge in [-0.3, -0.25) is 0 Å². The van der Waals surface area contributed by atoms with Crippen molar-refractivity contribution in [3.8, 4) is 5.88 Å². The molecule has 70 valence electrons. The van der Waals surface area contributed by atoms with E-state index in [9.17, 15) is 4.79 Å². The minimum absolute atomic E-state index is 0.616. The molecule has 13 heavy (non-hydrogen) atoms. The minimum Gasteiger partial charge on any atom is -0.481 e. The van der Waals surface area contributed by atoms with E-state index in [1.807, 2.05) is 12.1 Å². The molecule has 1 rings (SSSR count). The molecular weight excluding hydrogens is 166 g/mol. The zero-order valence-corrected chi connectivity index (χ0v) is 7.69. The van der Waals surface area contributed by atoms with Crippen LogP contribution < -0.4 is 4.74 Å². The molecule has 0 unspecified atom stereocenters. The van der Waals surface area contributed by atoms with Gasteiger partial charge in [-0.15, -0.1) is 0 Å². The van der Waals surface area contributed by atoms with Crippen LogP contribution in [0.4, 0.5) is 0 Å². The van der Waals surface area contributed by atoms with Crippen molar-refractivity contribution in [3.05, 3.63) is 23.9 Å². The van der Waals surface area contributed by atoms with Crippen LogP contribution in [0.5, 0.6) is 5.88 Å². The lowest BCUT2D eigenvalue weighted by atomic mass is 10.1. The quantitative estimate of drug-likeness (QED) is 0.509. The van der Waals surface area contributed by atoms with E-state index in [0.717, 1.165) is 24.7 Å². The number of unbranched alkanes of at least 4 members (excludes halogenated alkanes) is 1. The van der Waals surface area contributed by atoms with E-state index in [0.29, 0.717) is 12.3 Å². The van der Waals surface area contributed by atoms with E-state index in [2.05, 4.69) is 4.98 Å². The molecule has 0 bridgehead atoms. The first-order valence-electron chi connectivity index (χ1n) is 4.29. The van der Waals surface area contributed by atoms with Gasteiger partial charge in [0, 0.05) is 18.7 Å². The molecule has 0 saturated heterocycles. The Morgan fingerprint density at radius 3 is 3.15 bits per heavy atom. The largest absolute Gasteiger partial charge is 0.481 e. The van der Waals surface area contributed by atoms with Gasteiger partial charge in [-0.1, -0.05) is 0 Å². The van der Waals surface area contributed by atoms with E-state index in [1.165, 1.54) is 0 Å². The van der Waals surface area contributed by atoms with Crippen LogP contribution >= 0.6 is 0 Å². The molecule has 0 atom stereocenters. The van der Waals surface area contributed by atoms with Crippen molar-refractivity contribution >= 4 is 6.29 Å². The van der Waals surface area contributed by atoms with Gasteiger partial charge < -0.3 is 9.53 Å². The van der Waals surface area contributed by atoms with Crippen molar-refractivity contribution in [1.82, 2.24) is 4.98 Å². The Morgan fingerprint density at radius 1 is 1.62 bits per heavy atom. The van der Waals surface area contributed by atoms with Crippen LogP contribution in [0, 0.1) is 0 Å². The molecule has 3 nitrogen and oxygen atoms in total. The normalized spacial score (nSPS) is 9.62. The Hall–Kier alpha value is -1.38. The van der Waals surface area contributed by atoms with Gasteiger partial charge in [0.1, 0.15) is 6.29 Å². The van der Waals surface area contributed by atoms with Crippen LogP contribution in [-0.2, 0) is 11.2 Å². The molecule has 0 N–H and O–H groups in total. The van der Waals surface area contributed by atoms with Crippen LogP contribution in [0.2, 0.25) is 0 Å². The van der Waals surface area contributed by atoms with Crippen LogP contribution in [-0.4, -0.2) is 18.4 Å². The summed E-state index contributed by atoms with van der Waals surface area (Å²) in [5.74, 6) is 0.628. The van der Waals surface area contributed by atoms with Gasteiger partial charge in [-0.05, 0) is 24.5 Å². The van der Waals surface area contributed by atoms with Gasteiger partial charge >= 0.3 is 0 Å². The third-order valence-corrected chi connectivity index (χ3v) is 1.80. The maximum absolute atomic E-state index is 10.1. The molecule has 0 aliphatic heterocycles. The third-order valence-electron chi connectivity index (χ3n) is 1.80. The number of aromatic nitrogens is 1. The highest BCUT2D eigenvalue weighted by Gasteiger charge is 1.96. The molecule has 0 aliphatic carbocycles. The number of ether oxygens (including phenoxy) is 1. The molecule has 0 saturated carbocycles. The SMILES string of the molecule is COc1cc(CCCC=O)ccn1. The molecule has 1 heterocycles. The Labute approximate surface area is 77.8 Å². The van der Waals surface area contributed by atoms with Crippen molar-refractivity contribution < 1.29 is 9.53 Å². The first kappa shape index (κ1) is 9.71. The molecular formula is C10H13NO2. The Morgan fingerprint density at radius 2 is 2.46 bits per heavy atom. The first-order chi connectivity index (χ1) is 6.36. The van der Waals surface area contributed by atoms with Gasteiger partial charge in [0.2, 0.25) is 5.88 Å². The Kier molecular flexibility index (Phi) is 3.96. The minimum atomic E-state index is 0.616. The fraction of sp³-hybridized carbons (Fsp3) is 0.400. The fourth-order valence-corrected chi connectivity index (χ4v) is 1.11. The summed E-state index contributed by atoms with van der Waals surface area (Å²) in [6.07, 6.45) is 5.06. The second kappa shape index (κ2) is 5.30. The number of rotatable bonds is 5. The summed E-state index contributed by atoms with van der Waals surface area (Å²) in [5.41, 5.74) is 1.16. The van der Waals surface area contributed by atoms with Gasteiger partial charge in [0.15, 0.2) is 0 Å². The smallest absolute Gasteiger partial charge is 0.213 e. The Bertz CT molecular complexity index is 273. The first-order valence-corrected chi connectivity index (χ1v) is 4.29. The number of nitrogens with zero attached hydrogens (tertiary/aromatic N) is 1. The maximum Gasteiger partial charge on any atom is 0.213 e.